The number of rotatable bonds is 2. The highest BCUT2D eigenvalue weighted by Gasteiger charge is 2.37. The fourth-order valence-electron chi connectivity index (χ4n) is 2.74. The van der Waals surface area contributed by atoms with Gasteiger partial charge in [-0.25, -0.2) is 8.42 Å². The molecule has 0 amide bonds. The largest absolute Gasteiger partial charge is 0.480 e. The van der Waals surface area contributed by atoms with Gasteiger partial charge in [0, 0.05) is 0 Å². The topological polar surface area (TPSA) is 83.5 Å². The van der Waals surface area contributed by atoms with Crippen LogP contribution in [0.5, 0.6) is 0 Å². The molecule has 0 saturated carbocycles. The highest BCUT2D eigenvalue weighted by molar-refractivity contribution is 7.91. The quantitative estimate of drug-likeness (QED) is 0.710. The molecule has 92 valence electrons. The van der Waals surface area contributed by atoms with Crippen molar-refractivity contribution in [3.05, 3.63) is 0 Å². The summed E-state index contributed by atoms with van der Waals surface area (Å²) in [5.74, 6) is 0.0606. The number of sulfone groups is 1. The van der Waals surface area contributed by atoms with Gasteiger partial charge in [-0.2, -0.15) is 0 Å². The summed E-state index contributed by atoms with van der Waals surface area (Å²) in [5, 5.41) is 11.8. The molecule has 2 aliphatic rings. The Labute approximate surface area is 95.1 Å². The van der Waals surface area contributed by atoms with Crippen LogP contribution in [-0.2, 0) is 14.6 Å². The summed E-state index contributed by atoms with van der Waals surface area (Å²) < 4.78 is 23.0. The van der Waals surface area contributed by atoms with Gasteiger partial charge in [-0.1, -0.05) is 0 Å². The van der Waals surface area contributed by atoms with Gasteiger partial charge in [-0.05, 0) is 37.6 Å². The SMILES string of the molecule is O=C(O)C1CC(C2CCCS(=O)(=O)C2)CN1. The van der Waals surface area contributed by atoms with Crippen molar-refractivity contribution < 1.29 is 18.3 Å². The van der Waals surface area contributed by atoms with E-state index in [9.17, 15) is 13.2 Å². The van der Waals surface area contributed by atoms with Crippen molar-refractivity contribution in [3.63, 3.8) is 0 Å². The van der Waals surface area contributed by atoms with Crippen LogP contribution in [0.4, 0.5) is 0 Å². The van der Waals surface area contributed by atoms with Crippen LogP contribution in [0.1, 0.15) is 19.3 Å². The molecule has 0 radical (unpaired) electrons. The maximum absolute atomic E-state index is 11.5. The Morgan fingerprint density at radius 3 is 2.62 bits per heavy atom. The van der Waals surface area contributed by atoms with Gasteiger partial charge in [0.15, 0.2) is 9.84 Å². The first-order valence-electron chi connectivity index (χ1n) is 5.64. The minimum Gasteiger partial charge on any atom is -0.480 e. The van der Waals surface area contributed by atoms with Crippen LogP contribution in [0, 0.1) is 11.8 Å². The smallest absolute Gasteiger partial charge is 0.320 e. The Morgan fingerprint density at radius 2 is 2.06 bits per heavy atom. The van der Waals surface area contributed by atoms with Crippen LogP contribution in [-0.4, -0.2) is 43.6 Å². The van der Waals surface area contributed by atoms with Crippen molar-refractivity contribution in [1.29, 1.82) is 0 Å². The molecule has 16 heavy (non-hydrogen) atoms. The highest BCUT2D eigenvalue weighted by atomic mass is 32.2. The van der Waals surface area contributed by atoms with Gasteiger partial charge < -0.3 is 10.4 Å². The minimum absolute atomic E-state index is 0.149. The number of carbonyl (C=O) groups is 1. The van der Waals surface area contributed by atoms with Crippen LogP contribution in [0.3, 0.4) is 0 Å². The second-order valence-corrected chi connectivity index (χ2v) is 7.04. The van der Waals surface area contributed by atoms with E-state index in [2.05, 4.69) is 5.32 Å². The lowest BCUT2D eigenvalue weighted by Crippen LogP contribution is -2.31. The third-order valence-corrected chi connectivity index (χ3v) is 5.47. The zero-order chi connectivity index (χ0) is 11.8. The van der Waals surface area contributed by atoms with Crippen molar-refractivity contribution in [2.24, 2.45) is 11.8 Å². The minimum atomic E-state index is -2.88. The second kappa shape index (κ2) is 4.33. The van der Waals surface area contributed by atoms with E-state index in [1.54, 1.807) is 0 Å². The van der Waals surface area contributed by atoms with Crippen molar-refractivity contribution in [1.82, 2.24) is 5.32 Å². The van der Waals surface area contributed by atoms with Crippen LogP contribution < -0.4 is 5.32 Å². The molecule has 0 aromatic heterocycles. The van der Waals surface area contributed by atoms with Gasteiger partial charge in [0.05, 0.1) is 11.5 Å². The molecular formula is C10H17NO4S. The lowest BCUT2D eigenvalue weighted by atomic mass is 9.88. The summed E-state index contributed by atoms with van der Waals surface area (Å²) >= 11 is 0. The average Bonchev–Trinajstić information content (AvgIpc) is 2.64. The standard InChI is InChI=1S/C10H17NO4S/c12-10(13)9-4-8(5-11-9)7-2-1-3-16(14,15)6-7/h7-9,11H,1-6H2,(H,12,13). The van der Waals surface area contributed by atoms with E-state index in [-0.39, 0.29) is 17.6 Å². The number of hydrogen-bond donors (Lipinski definition) is 2. The Kier molecular flexibility index (Phi) is 3.21. The maximum Gasteiger partial charge on any atom is 0.320 e. The summed E-state index contributed by atoms with van der Waals surface area (Å²) in [5.41, 5.74) is 0. The van der Waals surface area contributed by atoms with E-state index >= 15 is 0 Å². The number of carboxylic acid groups (broad SMARTS) is 1. The predicted molar refractivity (Wildman–Crippen MR) is 58.9 cm³/mol. The molecule has 2 rings (SSSR count). The van der Waals surface area contributed by atoms with Crippen LogP contribution in [0.2, 0.25) is 0 Å². The molecule has 0 aromatic rings. The molecule has 2 saturated heterocycles. The van der Waals surface area contributed by atoms with Gasteiger partial charge in [0.25, 0.3) is 0 Å². The van der Waals surface area contributed by atoms with Gasteiger partial charge >= 0.3 is 5.97 Å². The zero-order valence-electron chi connectivity index (χ0n) is 9.05. The summed E-state index contributed by atoms with van der Waals surface area (Å²) in [6.45, 7) is 0.636. The molecule has 0 spiro atoms. The van der Waals surface area contributed by atoms with E-state index < -0.39 is 21.8 Å². The molecule has 0 aromatic carbocycles. The first kappa shape index (κ1) is 11.9. The van der Waals surface area contributed by atoms with E-state index in [0.717, 1.165) is 12.8 Å². The Hall–Kier alpha value is -0.620. The van der Waals surface area contributed by atoms with E-state index in [4.69, 9.17) is 5.11 Å². The van der Waals surface area contributed by atoms with Crippen molar-refractivity contribution >= 4 is 15.8 Å². The Balaban J connectivity index is 1.97. The van der Waals surface area contributed by atoms with E-state index in [0.29, 0.717) is 18.7 Å². The monoisotopic (exact) mass is 247 g/mol. The lowest BCUT2D eigenvalue weighted by Gasteiger charge is -2.26. The first-order valence-corrected chi connectivity index (χ1v) is 7.47. The summed E-state index contributed by atoms with van der Waals surface area (Å²) in [6.07, 6.45) is 2.20. The van der Waals surface area contributed by atoms with Crippen LogP contribution >= 0.6 is 0 Å². The third-order valence-electron chi connectivity index (χ3n) is 3.63. The van der Waals surface area contributed by atoms with Gasteiger partial charge in [0.2, 0.25) is 0 Å². The van der Waals surface area contributed by atoms with Crippen molar-refractivity contribution in [2.75, 3.05) is 18.1 Å². The Bertz CT molecular complexity index is 378. The first-order chi connectivity index (χ1) is 7.48. The summed E-state index contributed by atoms with van der Waals surface area (Å²) in [4.78, 5) is 10.8. The maximum atomic E-state index is 11.5. The Morgan fingerprint density at radius 1 is 1.31 bits per heavy atom. The van der Waals surface area contributed by atoms with E-state index in [1.807, 2.05) is 0 Å². The molecule has 6 heteroatoms. The van der Waals surface area contributed by atoms with Crippen molar-refractivity contribution in [3.8, 4) is 0 Å². The molecule has 2 aliphatic heterocycles. The molecule has 3 atom stereocenters. The lowest BCUT2D eigenvalue weighted by molar-refractivity contribution is -0.139. The van der Waals surface area contributed by atoms with Crippen molar-refractivity contribution in [2.45, 2.75) is 25.3 Å². The van der Waals surface area contributed by atoms with Gasteiger partial charge in [-0.15, -0.1) is 0 Å². The molecule has 0 bridgehead atoms. The summed E-state index contributed by atoms with van der Waals surface area (Å²) in [6, 6.07) is -0.491. The highest BCUT2D eigenvalue weighted by Crippen LogP contribution is 2.30. The second-order valence-electron chi connectivity index (χ2n) is 4.81. The van der Waals surface area contributed by atoms with Crippen LogP contribution in [0.15, 0.2) is 0 Å². The number of aliphatic carboxylic acids is 1. The molecule has 0 aliphatic carbocycles. The fraction of sp³-hybridized carbons (Fsp3) is 0.900. The van der Waals surface area contributed by atoms with E-state index in [1.165, 1.54) is 0 Å². The zero-order valence-corrected chi connectivity index (χ0v) is 9.87. The fourth-order valence-corrected chi connectivity index (χ4v) is 4.60. The molecule has 5 nitrogen and oxygen atoms in total. The van der Waals surface area contributed by atoms with Gasteiger partial charge in [-0.3, -0.25) is 4.79 Å². The third kappa shape index (κ3) is 2.55. The normalized spacial score (nSPS) is 38.4. The average molecular weight is 247 g/mol. The molecule has 2 heterocycles. The molecular weight excluding hydrogens is 230 g/mol. The van der Waals surface area contributed by atoms with Crippen LogP contribution in [0.25, 0.3) is 0 Å². The predicted octanol–water partition coefficient (Wildman–Crippen LogP) is -0.126. The van der Waals surface area contributed by atoms with Gasteiger partial charge in [0.1, 0.15) is 6.04 Å². The molecule has 3 unspecified atom stereocenters. The molecule has 2 N–H and O–H groups in total. The number of hydrogen-bond acceptors (Lipinski definition) is 4. The number of nitrogens with one attached hydrogen (secondary N) is 1. The number of carboxylic acids is 1. The molecule has 2 fully saturated rings. The summed E-state index contributed by atoms with van der Waals surface area (Å²) in [7, 11) is -2.88.